The average molecular weight is 175 g/mol. The standard InChI is InChI=1S/C9H18FNO/c1-8(2)5-6(12)7(10)9(3,4)11-8/h6-7,11-12H,5H2,1-4H3/t6-,7-/m0/s1. The molecule has 0 bridgehead atoms. The third kappa shape index (κ3) is 1.77. The molecule has 3 heteroatoms. The van der Waals surface area contributed by atoms with Crippen molar-refractivity contribution in [1.82, 2.24) is 5.32 Å². The predicted molar refractivity (Wildman–Crippen MR) is 46.8 cm³/mol. The Morgan fingerprint density at radius 3 is 2.25 bits per heavy atom. The summed E-state index contributed by atoms with van der Waals surface area (Å²) in [5.74, 6) is 0. The maximum atomic E-state index is 13.4. The zero-order chi connectivity index (χ0) is 9.57. The molecule has 2 N–H and O–H groups in total. The predicted octanol–water partition coefficient (Wildman–Crippen LogP) is 1.24. The first-order valence-electron chi connectivity index (χ1n) is 4.36. The highest BCUT2D eigenvalue weighted by Gasteiger charge is 2.45. The number of hydrogen-bond donors (Lipinski definition) is 2. The molecule has 0 aliphatic carbocycles. The molecule has 0 saturated carbocycles. The van der Waals surface area contributed by atoms with Crippen LogP contribution in [0.25, 0.3) is 0 Å². The molecule has 1 aliphatic rings. The number of aliphatic hydroxyl groups excluding tert-OH is 1. The first kappa shape index (κ1) is 9.93. The second-order valence-electron chi connectivity index (χ2n) is 4.90. The van der Waals surface area contributed by atoms with Crippen LogP contribution in [0.4, 0.5) is 4.39 Å². The Labute approximate surface area is 73.2 Å². The second-order valence-corrected chi connectivity index (χ2v) is 4.90. The van der Waals surface area contributed by atoms with E-state index in [1.165, 1.54) is 0 Å². The molecule has 0 amide bonds. The summed E-state index contributed by atoms with van der Waals surface area (Å²) in [7, 11) is 0. The van der Waals surface area contributed by atoms with Crippen molar-refractivity contribution in [3.63, 3.8) is 0 Å². The smallest absolute Gasteiger partial charge is 0.143 e. The topological polar surface area (TPSA) is 32.3 Å². The van der Waals surface area contributed by atoms with Crippen LogP contribution < -0.4 is 5.32 Å². The lowest BCUT2D eigenvalue weighted by Gasteiger charge is -2.47. The molecule has 1 fully saturated rings. The van der Waals surface area contributed by atoms with E-state index in [9.17, 15) is 9.50 Å². The van der Waals surface area contributed by atoms with Crippen LogP contribution in [-0.4, -0.2) is 28.5 Å². The highest BCUT2D eigenvalue weighted by molar-refractivity contribution is 5.03. The second kappa shape index (κ2) is 2.67. The van der Waals surface area contributed by atoms with Gasteiger partial charge >= 0.3 is 0 Å². The van der Waals surface area contributed by atoms with Gasteiger partial charge in [0.2, 0.25) is 0 Å². The van der Waals surface area contributed by atoms with Gasteiger partial charge in [-0.3, -0.25) is 0 Å². The summed E-state index contributed by atoms with van der Waals surface area (Å²) >= 11 is 0. The number of rotatable bonds is 0. The maximum Gasteiger partial charge on any atom is 0.143 e. The van der Waals surface area contributed by atoms with E-state index in [0.717, 1.165) is 0 Å². The third-order valence-electron chi connectivity index (χ3n) is 2.41. The van der Waals surface area contributed by atoms with E-state index < -0.39 is 17.8 Å². The van der Waals surface area contributed by atoms with Gasteiger partial charge in [0.05, 0.1) is 6.10 Å². The Balaban J connectivity index is 2.80. The number of nitrogens with one attached hydrogen (secondary N) is 1. The summed E-state index contributed by atoms with van der Waals surface area (Å²) < 4.78 is 13.4. The number of alkyl halides is 1. The molecule has 1 aliphatic heterocycles. The Bertz CT molecular complexity index is 179. The van der Waals surface area contributed by atoms with Crippen molar-refractivity contribution in [3.05, 3.63) is 0 Å². The van der Waals surface area contributed by atoms with Crippen molar-refractivity contribution < 1.29 is 9.50 Å². The number of hydrogen-bond acceptors (Lipinski definition) is 2. The van der Waals surface area contributed by atoms with Crippen LogP contribution in [0.5, 0.6) is 0 Å². The first-order chi connectivity index (χ1) is 5.25. The summed E-state index contributed by atoms with van der Waals surface area (Å²) in [6, 6.07) is 0. The summed E-state index contributed by atoms with van der Waals surface area (Å²) in [5, 5.41) is 12.6. The van der Waals surface area contributed by atoms with Gasteiger partial charge in [-0.1, -0.05) is 0 Å². The molecule has 1 rings (SSSR count). The Morgan fingerprint density at radius 2 is 1.83 bits per heavy atom. The number of halogens is 1. The summed E-state index contributed by atoms with van der Waals surface area (Å²) in [5.41, 5.74) is -0.799. The molecule has 72 valence electrons. The van der Waals surface area contributed by atoms with Gasteiger partial charge in [-0.2, -0.15) is 0 Å². The fraction of sp³-hybridized carbons (Fsp3) is 1.00. The SMILES string of the molecule is CC1(C)C[C@H](O)[C@H](F)C(C)(C)N1. The van der Waals surface area contributed by atoms with Crippen molar-refractivity contribution in [2.24, 2.45) is 0 Å². The van der Waals surface area contributed by atoms with Crippen LogP contribution >= 0.6 is 0 Å². The van der Waals surface area contributed by atoms with Crippen molar-refractivity contribution in [2.75, 3.05) is 0 Å². The molecule has 12 heavy (non-hydrogen) atoms. The van der Waals surface area contributed by atoms with Crippen molar-refractivity contribution in [3.8, 4) is 0 Å². The molecule has 0 unspecified atom stereocenters. The highest BCUT2D eigenvalue weighted by Crippen LogP contribution is 2.30. The number of piperidine rings is 1. The first-order valence-corrected chi connectivity index (χ1v) is 4.36. The largest absolute Gasteiger partial charge is 0.390 e. The molecular weight excluding hydrogens is 157 g/mol. The van der Waals surface area contributed by atoms with Crippen LogP contribution in [0.15, 0.2) is 0 Å². The lowest BCUT2D eigenvalue weighted by molar-refractivity contribution is -0.0394. The minimum absolute atomic E-state index is 0.175. The summed E-state index contributed by atoms with van der Waals surface area (Å²) in [6.45, 7) is 7.51. The molecule has 1 heterocycles. The Hall–Kier alpha value is -0.150. The van der Waals surface area contributed by atoms with Gasteiger partial charge in [0, 0.05) is 11.1 Å². The van der Waals surface area contributed by atoms with Crippen LogP contribution in [0.1, 0.15) is 34.1 Å². The Kier molecular flexibility index (Phi) is 2.21. The fourth-order valence-electron chi connectivity index (χ4n) is 2.10. The van der Waals surface area contributed by atoms with Crippen molar-refractivity contribution >= 4 is 0 Å². The van der Waals surface area contributed by atoms with E-state index in [1.54, 1.807) is 13.8 Å². The van der Waals surface area contributed by atoms with E-state index in [1.807, 2.05) is 13.8 Å². The van der Waals surface area contributed by atoms with Crippen molar-refractivity contribution in [1.29, 1.82) is 0 Å². The average Bonchev–Trinajstić information content (AvgIpc) is 1.79. The van der Waals surface area contributed by atoms with E-state index in [-0.39, 0.29) is 5.54 Å². The summed E-state index contributed by atoms with van der Waals surface area (Å²) in [4.78, 5) is 0. The minimum Gasteiger partial charge on any atom is -0.390 e. The van der Waals surface area contributed by atoms with Crippen molar-refractivity contribution in [2.45, 2.75) is 57.5 Å². The van der Waals surface area contributed by atoms with E-state index in [0.29, 0.717) is 6.42 Å². The van der Waals surface area contributed by atoms with Gasteiger partial charge in [0.1, 0.15) is 6.17 Å². The minimum atomic E-state index is -1.18. The van der Waals surface area contributed by atoms with E-state index in [2.05, 4.69) is 5.32 Å². The molecule has 0 aromatic carbocycles. The van der Waals surface area contributed by atoms with Gasteiger partial charge in [-0.25, -0.2) is 4.39 Å². The molecular formula is C9H18FNO. The van der Waals surface area contributed by atoms with Gasteiger partial charge < -0.3 is 10.4 Å². The van der Waals surface area contributed by atoms with Gasteiger partial charge in [-0.15, -0.1) is 0 Å². The monoisotopic (exact) mass is 175 g/mol. The van der Waals surface area contributed by atoms with Crippen LogP contribution in [0.2, 0.25) is 0 Å². The molecule has 2 nitrogen and oxygen atoms in total. The van der Waals surface area contributed by atoms with Crippen LogP contribution in [-0.2, 0) is 0 Å². The number of aliphatic hydroxyl groups is 1. The maximum absolute atomic E-state index is 13.4. The lowest BCUT2D eigenvalue weighted by atomic mass is 9.79. The normalized spacial score (nSPS) is 39.5. The third-order valence-corrected chi connectivity index (χ3v) is 2.41. The van der Waals surface area contributed by atoms with E-state index >= 15 is 0 Å². The molecule has 0 spiro atoms. The van der Waals surface area contributed by atoms with E-state index in [4.69, 9.17) is 0 Å². The highest BCUT2D eigenvalue weighted by atomic mass is 19.1. The zero-order valence-electron chi connectivity index (χ0n) is 8.19. The fourth-order valence-corrected chi connectivity index (χ4v) is 2.10. The van der Waals surface area contributed by atoms with Gasteiger partial charge in [0.25, 0.3) is 0 Å². The molecule has 0 aromatic rings. The zero-order valence-corrected chi connectivity index (χ0v) is 8.19. The van der Waals surface area contributed by atoms with Gasteiger partial charge in [-0.05, 0) is 34.1 Å². The molecule has 1 saturated heterocycles. The van der Waals surface area contributed by atoms with Crippen LogP contribution in [0, 0.1) is 0 Å². The molecule has 0 aromatic heterocycles. The van der Waals surface area contributed by atoms with Crippen LogP contribution in [0.3, 0.4) is 0 Å². The van der Waals surface area contributed by atoms with Gasteiger partial charge in [0.15, 0.2) is 0 Å². The molecule has 2 atom stereocenters. The quantitative estimate of drug-likeness (QED) is 0.580. The Morgan fingerprint density at radius 1 is 1.33 bits per heavy atom. The summed E-state index contributed by atoms with van der Waals surface area (Å²) in [6.07, 6.45) is -1.54. The molecule has 0 radical (unpaired) electrons. The lowest BCUT2D eigenvalue weighted by Crippen LogP contribution is -2.65.